The zero-order valence-electron chi connectivity index (χ0n) is 13.9. The Morgan fingerprint density at radius 1 is 1.15 bits per heavy atom. The molecule has 27 heavy (non-hydrogen) atoms. The van der Waals surface area contributed by atoms with E-state index in [0.717, 1.165) is 11.6 Å². The summed E-state index contributed by atoms with van der Waals surface area (Å²) in [6.07, 6.45) is -3.82. The Morgan fingerprint density at radius 2 is 1.89 bits per heavy atom. The van der Waals surface area contributed by atoms with Crippen molar-refractivity contribution in [2.45, 2.75) is 12.8 Å². The minimum Gasteiger partial charge on any atom is -0.367 e. The van der Waals surface area contributed by atoms with Gasteiger partial charge < -0.3 is 15.4 Å². The molecule has 5 nitrogen and oxygen atoms in total. The molecule has 0 aliphatic rings. The summed E-state index contributed by atoms with van der Waals surface area (Å²) < 4.78 is 42.9. The molecule has 0 fully saturated rings. The number of nitrogens with zero attached hydrogens (tertiary/aromatic N) is 1. The number of rotatable bonds is 8. The van der Waals surface area contributed by atoms with Crippen LogP contribution in [-0.2, 0) is 22.3 Å². The fourth-order valence-corrected chi connectivity index (χ4v) is 2.45. The third-order valence-corrected chi connectivity index (χ3v) is 4.01. The molecule has 2 aromatic rings. The van der Waals surface area contributed by atoms with Crippen LogP contribution in [0.4, 0.5) is 19.0 Å². The van der Waals surface area contributed by atoms with Crippen LogP contribution >= 0.6 is 23.2 Å². The molecular formula is C17H16Cl2F3N3O2. The van der Waals surface area contributed by atoms with Crippen molar-refractivity contribution in [3.05, 3.63) is 57.7 Å². The first-order valence-corrected chi connectivity index (χ1v) is 8.57. The quantitative estimate of drug-likeness (QED) is 0.628. The van der Waals surface area contributed by atoms with Gasteiger partial charge >= 0.3 is 6.18 Å². The first-order chi connectivity index (χ1) is 12.8. The van der Waals surface area contributed by atoms with Gasteiger partial charge in [0.05, 0.1) is 17.2 Å². The Bertz CT molecular complexity index is 788. The van der Waals surface area contributed by atoms with E-state index in [1.54, 1.807) is 18.2 Å². The molecule has 2 rings (SSSR count). The van der Waals surface area contributed by atoms with Crippen molar-refractivity contribution in [2.24, 2.45) is 0 Å². The predicted octanol–water partition coefficient (Wildman–Crippen LogP) is 4.15. The second kappa shape index (κ2) is 9.77. The number of amides is 1. The highest BCUT2D eigenvalue weighted by molar-refractivity contribution is 6.33. The minimum atomic E-state index is -4.51. The number of carbonyl (C=O) groups excluding carboxylic acids is 1. The number of hydrogen-bond acceptors (Lipinski definition) is 4. The molecule has 0 atom stereocenters. The molecule has 146 valence electrons. The number of halogens is 5. The van der Waals surface area contributed by atoms with Crippen molar-refractivity contribution < 1.29 is 22.7 Å². The smallest absolute Gasteiger partial charge is 0.367 e. The zero-order chi connectivity index (χ0) is 19.9. The molecule has 0 unspecified atom stereocenters. The standard InChI is InChI=1S/C17H16Cl2F3N3O2/c18-13-4-2-1-3-11(13)9-27-10-15(26)23-5-6-24-16-14(19)7-12(8-25-16)17(20,21)22/h1-4,7-8H,5-6,9-10H2,(H,23,26)(H,24,25). The fourth-order valence-electron chi connectivity index (χ4n) is 2.03. The Balaban J connectivity index is 1.68. The highest BCUT2D eigenvalue weighted by Crippen LogP contribution is 2.32. The van der Waals surface area contributed by atoms with Crippen LogP contribution in [-0.4, -0.2) is 30.6 Å². The van der Waals surface area contributed by atoms with Gasteiger partial charge in [-0.25, -0.2) is 4.98 Å². The summed E-state index contributed by atoms with van der Waals surface area (Å²) in [6.45, 7) is 0.503. The van der Waals surface area contributed by atoms with Crippen molar-refractivity contribution in [3.8, 4) is 0 Å². The SMILES string of the molecule is O=C(COCc1ccccc1Cl)NCCNc1ncc(C(F)(F)F)cc1Cl. The molecule has 2 N–H and O–H groups in total. The molecule has 10 heteroatoms. The van der Waals surface area contributed by atoms with Gasteiger partial charge in [-0.2, -0.15) is 13.2 Å². The van der Waals surface area contributed by atoms with Crippen molar-refractivity contribution >= 4 is 34.9 Å². The van der Waals surface area contributed by atoms with Crippen LogP contribution in [0.2, 0.25) is 10.0 Å². The van der Waals surface area contributed by atoms with Gasteiger partial charge in [-0.05, 0) is 17.7 Å². The van der Waals surface area contributed by atoms with Gasteiger partial charge in [0.2, 0.25) is 5.91 Å². The van der Waals surface area contributed by atoms with E-state index in [-0.39, 0.29) is 43.1 Å². The second-order valence-corrected chi connectivity index (χ2v) is 6.23. The number of pyridine rings is 1. The summed E-state index contributed by atoms with van der Waals surface area (Å²) in [6, 6.07) is 7.93. The van der Waals surface area contributed by atoms with Gasteiger partial charge in [0.15, 0.2) is 0 Å². The van der Waals surface area contributed by atoms with Crippen LogP contribution < -0.4 is 10.6 Å². The molecule has 1 heterocycles. The molecule has 1 amide bonds. The lowest BCUT2D eigenvalue weighted by Crippen LogP contribution is -2.31. The number of alkyl halides is 3. The highest BCUT2D eigenvalue weighted by Gasteiger charge is 2.31. The molecule has 0 aliphatic carbocycles. The first kappa shape index (κ1) is 21.3. The largest absolute Gasteiger partial charge is 0.417 e. The molecule has 0 bridgehead atoms. The Kier molecular flexibility index (Phi) is 7.70. The van der Waals surface area contributed by atoms with Gasteiger partial charge in [0.1, 0.15) is 12.4 Å². The molecular weight excluding hydrogens is 406 g/mol. The first-order valence-electron chi connectivity index (χ1n) is 7.82. The molecule has 1 aromatic heterocycles. The van der Waals surface area contributed by atoms with Gasteiger partial charge in [0, 0.05) is 24.3 Å². The monoisotopic (exact) mass is 421 g/mol. The van der Waals surface area contributed by atoms with E-state index in [9.17, 15) is 18.0 Å². The summed E-state index contributed by atoms with van der Waals surface area (Å²) in [7, 11) is 0. The Labute approximate surface area is 163 Å². The van der Waals surface area contributed by atoms with E-state index in [0.29, 0.717) is 11.2 Å². The predicted molar refractivity (Wildman–Crippen MR) is 96.9 cm³/mol. The van der Waals surface area contributed by atoms with Crippen LogP contribution in [0, 0.1) is 0 Å². The van der Waals surface area contributed by atoms with E-state index in [2.05, 4.69) is 15.6 Å². The molecule has 0 saturated heterocycles. The number of carbonyl (C=O) groups is 1. The molecule has 0 radical (unpaired) electrons. The Hall–Kier alpha value is -2.03. The number of ether oxygens (including phenoxy) is 1. The average molecular weight is 422 g/mol. The van der Waals surface area contributed by atoms with E-state index >= 15 is 0 Å². The topological polar surface area (TPSA) is 63.2 Å². The maximum atomic E-state index is 12.5. The summed E-state index contributed by atoms with van der Waals surface area (Å²) >= 11 is 11.8. The summed E-state index contributed by atoms with van der Waals surface area (Å²) in [4.78, 5) is 15.3. The number of benzene rings is 1. The van der Waals surface area contributed by atoms with Crippen LogP contribution in [0.15, 0.2) is 36.5 Å². The van der Waals surface area contributed by atoms with Gasteiger partial charge in [-0.1, -0.05) is 41.4 Å². The van der Waals surface area contributed by atoms with E-state index in [1.165, 1.54) is 0 Å². The maximum Gasteiger partial charge on any atom is 0.417 e. The lowest BCUT2D eigenvalue weighted by atomic mass is 10.2. The maximum absolute atomic E-state index is 12.5. The summed E-state index contributed by atoms with van der Waals surface area (Å²) in [5.74, 6) is -0.232. The Morgan fingerprint density at radius 3 is 2.56 bits per heavy atom. The number of anilines is 1. The van der Waals surface area contributed by atoms with E-state index < -0.39 is 11.7 Å². The zero-order valence-corrected chi connectivity index (χ0v) is 15.5. The van der Waals surface area contributed by atoms with Crippen LogP contribution in [0.1, 0.15) is 11.1 Å². The number of nitrogens with one attached hydrogen (secondary N) is 2. The van der Waals surface area contributed by atoms with Crippen molar-refractivity contribution in [2.75, 3.05) is 25.0 Å². The number of hydrogen-bond donors (Lipinski definition) is 2. The summed E-state index contributed by atoms with van der Waals surface area (Å²) in [5, 5.41) is 5.76. The molecule has 0 saturated carbocycles. The highest BCUT2D eigenvalue weighted by atomic mass is 35.5. The average Bonchev–Trinajstić information content (AvgIpc) is 2.60. The lowest BCUT2D eigenvalue weighted by Gasteiger charge is -2.11. The van der Waals surface area contributed by atoms with Gasteiger partial charge in [-0.15, -0.1) is 0 Å². The van der Waals surface area contributed by atoms with Crippen molar-refractivity contribution in [1.29, 1.82) is 0 Å². The van der Waals surface area contributed by atoms with Crippen LogP contribution in [0.25, 0.3) is 0 Å². The molecule has 0 aliphatic heterocycles. The van der Waals surface area contributed by atoms with E-state index in [4.69, 9.17) is 27.9 Å². The third kappa shape index (κ3) is 6.89. The van der Waals surface area contributed by atoms with Crippen molar-refractivity contribution in [3.63, 3.8) is 0 Å². The normalized spacial score (nSPS) is 11.3. The minimum absolute atomic E-state index is 0.105. The van der Waals surface area contributed by atoms with Gasteiger partial charge in [-0.3, -0.25) is 4.79 Å². The van der Waals surface area contributed by atoms with Crippen LogP contribution in [0.3, 0.4) is 0 Å². The second-order valence-electron chi connectivity index (χ2n) is 5.41. The molecule has 0 spiro atoms. The van der Waals surface area contributed by atoms with E-state index in [1.807, 2.05) is 6.07 Å². The lowest BCUT2D eigenvalue weighted by molar-refractivity contribution is -0.137. The molecule has 1 aromatic carbocycles. The fraction of sp³-hybridized carbons (Fsp3) is 0.294. The van der Waals surface area contributed by atoms with Gasteiger partial charge in [0.25, 0.3) is 0 Å². The number of aromatic nitrogens is 1. The summed E-state index contributed by atoms with van der Waals surface area (Å²) in [5.41, 5.74) is -0.154. The van der Waals surface area contributed by atoms with Crippen molar-refractivity contribution in [1.82, 2.24) is 10.3 Å². The van der Waals surface area contributed by atoms with Crippen LogP contribution in [0.5, 0.6) is 0 Å². The third-order valence-electron chi connectivity index (χ3n) is 3.36.